The molecule has 206 valence electrons. The second-order valence-corrected chi connectivity index (χ2v) is 10.6. The number of nitrogens with zero attached hydrogens (tertiary/aromatic N) is 5. The lowest BCUT2D eigenvalue weighted by Crippen LogP contribution is -1.95. The predicted molar refractivity (Wildman–Crippen MR) is 176 cm³/mol. The predicted octanol–water partition coefficient (Wildman–Crippen LogP) is 9.27. The number of fused-ring (bicyclic) bond motifs is 3. The van der Waals surface area contributed by atoms with E-state index in [1.54, 1.807) is 36.4 Å². The highest BCUT2D eigenvalue weighted by Gasteiger charge is 2.21. The molecule has 7 rings (SSSR count). The monoisotopic (exact) mass is 571 g/mol. The van der Waals surface area contributed by atoms with Gasteiger partial charge in [-0.3, -0.25) is 0 Å². The molecule has 0 aliphatic carbocycles. The first-order chi connectivity index (χ1) is 22.2. The van der Waals surface area contributed by atoms with E-state index in [2.05, 4.69) is 65.2 Å². The molecule has 0 unspecified atom stereocenters. The number of benzene rings is 6. The fourth-order valence-electron chi connectivity index (χ4n) is 6.22. The molecule has 6 aromatic carbocycles. The van der Waals surface area contributed by atoms with Crippen LogP contribution in [0.2, 0.25) is 0 Å². The molecular weight excluding hydrogens is 550 g/mol. The fourth-order valence-corrected chi connectivity index (χ4v) is 6.22. The average molecular weight is 572 g/mol. The Bertz CT molecular complexity index is 2390. The van der Waals surface area contributed by atoms with E-state index in [4.69, 9.17) is 0 Å². The molecule has 0 spiro atoms. The Balaban J connectivity index is 1.58. The van der Waals surface area contributed by atoms with Crippen molar-refractivity contribution >= 4 is 21.8 Å². The molecule has 5 nitrogen and oxygen atoms in total. The molecule has 0 amide bonds. The maximum Gasteiger partial charge on any atom is 0.0998 e. The Morgan fingerprint density at radius 2 is 0.956 bits per heavy atom. The SMILES string of the molecule is N#Cc1cccc(C#N)c1-c1ccc2c(c1)c1c(-c3c(C#N)cccc3C#N)cccc1n2-c1ccc(-c2ccccc2)cc1. The van der Waals surface area contributed by atoms with Crippen molar-refractivity contribution in [1.29, 1.82) is 21.0 Å². The molecule has 0 aliphatic rings. The molecule has 1 heterocycles. The summed E-state index contributed by atoms with van der Waals surface area (Å²) in [5.41, 5.74) is 9.27. The smallest absolute Gasteiger partial charge is 0.0998 e. The summed E-state index contributed by atoms with van der Waals surface area (Å²) in [5, 5.41) is 41.7. The lowest BCUT2D eigenvalue weighted by atomic mass is 9.90. The largest absolute Gasteiger partial charge is 0.309 e. The number of aromatic nitrogens is 1. The van der Waals surface area contributed by atoms with E-state index < -0.39 is 0 Å². The van der Waals surface area contributed by atoms with E-state index in [1.807, 2.05) is 54.6 Å². The van der Waals surface area contributed by atoms with Crippen LogP contribution in [0.15, 0.2) is 127 Å². The van der Waals surface area contributed by atoms with Crippen molar-refractivity contribution in [3.05, 3.63) is 150 Å². The Morgan fingerprint density at radius 1 is 0.422 bits per heavy atom. The average Bonchev–Trinajstić information content (AvgIpc) is 3.45. The normalized spacial score (nSPS) is 10.6. The molecule has 0 aliphatic heterocycles. The summed E-state index contributed by atoms with van der Waals surface area (Å²) in [4.78, 5) is 0. The Kier molecular flexibility index (Phi) is 6.62. The van der Waals surface area contributed by atoms with Gasteiger partial charge in [-0.1, -0.05) is 72.8 Å². The molecule has 7 aromatic rings. The van der Waals surface area contributed by atoms with Gasteiger partial charge in [0.15, 0.2) is 0 Å². The standard InChI is InChI=1S/C40H21N5/c41-22-29-9-4-10-30(23-42)38(29)28-17-20-36-35(21-28)40-34(39-31(24-43)11-5-12-32(39)25-44)13-6-14-37(40)45(36)33-18-15-27(16-19-33)26-7-2-1-3-8-26/h1-21H. The molecule has 1 aromatic heterocycles. The first kappa shape index (κ1) is 26.9. The second kappa shape index (κ2) is 11.1. The first-order valence-electron chi connectivity index (χ1n) is 14.3. The van der Waals surface area contributed by atoms with Crippen LogP contribution >= 0.6 is 0 Å². The van der Waals surface area contributed by atoms with Crippen LogP contribution in [-0.4, -0.2) is 4.57 Å². The Hall–Kier alpha value is -6.92. The molecule has 0 atom stereocenters. The number of rotatable bonds is 4. The van der Waals surface area contributed by atoms with Crippen molar-refractivity contribution in [3.63, 3.8) is 0 Å². The van der Waals surface area contributed by atoms with Gasteiger partial charge >= 0.3 is 0 Å². The van der Waals surface area contributed by atoms with Crippen LogP contribution in [0, 0.1) is 45.3 Å². The molecule has 5 heteroatoms. The van der Waals surface area contributed by atoms with E-state index in [9.17, 15) is 21.0 Å². The Morgan fingerprint density at radius 3 is 1.56 bits per heavy atom. The molecule has 0 fully saturated rings. The highest BCUT2D eigenvalue weighted by Crippen LogP contribution is 2.42. The van der Waals surface area contributed by atoms with Crippen LogP contribution in [0.25, 0.3) is 60.9 Å². The molecule has 45 heavy (non-hydrogen) atoms. The van der Waals surface area contributed by atoms with Crippen LogP contribution < -0.4 is 0 Å². The van der Waals surface area contributed by atoms with Crippen molar-refractivity contribution in [3.8, 4) is 63.3 Å². The van der Waals surface area contributed by atoms with Gasteiger partial charge in [-0.2, -0.15) is 21.0 Å². The maximum absolute atomic E-state index is 10.1. The van der Waals surface area contributed by atoms with Crippen LogP contribution in [0.4, 0.5) is 0 Å². The van der Waals surface area contributed by atoms with Crippen molar-refractivity contribution in [2.75, 3.05) is 0 Å². The topological polar surface area (TPSA) is 100 Å². The van der Waals surface area contributed by atoms with E-state index in [1.165, 1.54) is 0 Å². The minimum absolute atomic E-state index is 0.410. The summed E-state index contributed by atoms with van der Waals surface area (Å²) in [5.74, 6) is 0. The van der Waals surface area contributed by atoms with Crippen LogP contribution in [0.5, 0.6) is 0 Å². The summed E-state index contributed by atoms with van der Waals surface area (Å²) in [7, 11) is 0. The van der Waals surface area contributed by atoms with E-state index in [0.717, 1.165) is 49.7 Å². The van der Waals surface area contributed by atoms with Crippen LogP contribution in [0.1, 0.15) is 22.3 Å². The van der Waals surface area contributed by atoms with Gasteiger partial charge in [-0.25, -0.2) is 0 Å². The van der Waals surface area contributed by atoms with Crippen LogP contribution in [0.3, 0.4) is 0 Å². The highest BCUT2D eigenvalue weighted by atomic mass is 15.0. The third kappa shape index (κ3) is 4.38. The van der Waals surface area contributed by atoms with E-state index in [-0.39, 0.29) is 0 Å². The molecule has 0 saturated carbocycles. The lowest BCUT2D eigenvalue weighted by Gasteiger charge is -2.11. The minimum atomic E-state index is 0.410. The molecule has 0 N–H and O–H groups in total. The minimum Gasteiger partial charge on any atom is -0.309 e. The summed E-state index contributed by atoms with van der Waals surface area (Å²) >= 11 is 0. The fraction of sp³-hybridized carbons (Fsp3) is 0. The molecular formula is C40H21N5. The zero-order chi connectivity index (χ0) is 30.9. The van der Waals surface area contributed by atoms with Gasteiger partial charge < -0.3 is 4.57 Å². The van der Waals surface area contributed by atoms with Crippen molar-refractivity contribution < 1.29 is 0 Å². The molecule has 0 saturated heterocycles. The highest BCUT2D eigenvalue weighted by molar-refractivity contribution is 6.17. The van der Waals surface area contributed by atoms with Crippen molar-refractivity contribution in [2.45, 2.75) is 0 Å². The zero-order valence-corrected chi connectivity index (χ0v) is 23.9. The maximum atomic E-state index is 10.1. The summed E-state index contributed by atoms with van der Waals surface area (Å²) < 4.78 is 2.18. The molecule has 0 radical (unpaired) electrons. The van der Waals surface area contributed by atoms with Gasteiger partial charge in [-0.15, -0.1) is 0 Å². The van der Waals surface area contributed by atoms with E-state index >= 15 is 0 Å². The van der Waals surface area contributed by atoms with Crippen molar-refractivity contribution in [2.24, 2.45) is 0 Å². The van der Waals surface area contributed by atoms with Gasteiger partial charge in [0.25, 0.3) is 0 Å². The summed E-state index contributed by atoms with van der Waals surface area (Å²) in [6, 6.07) is 49.8. The van der Waals surface area contributed by atoms with Gasteiger partial charge in [0.05, 0.1) is 57.6 Å². The number of hydrogen-bond acceptors (Lipinski definition) is 4. The number of hydrogen-bond donors (Lipinski definition) is 0. The van der Waals surface area contributed by atoms with Crippen LogP contribution in [-0.2, 0) is 0 Å². The first-order valence-corrected chi connectivity index (χ1v) is 14.3. The third-order valence-electron chi connectivity index (χ3n) is 8.19. The summed E-state index contributed by atoms with van der Waals surface area (Å²) in [6.07, 6.45) is 0. The zero-order valence-electron chi connectivity index (χ0n) is 23.9. The van der Waals surface area contributed by atoms with E-state index in [0.29, 0.717) is 33.4 Å². The quantitative estimate of drug-likeness (QED) is 0.210. The van der Waals surface area contributed by atoms with Crippen molar-refractivity contribution in [1.82, 2.24) is 4.57 Å². The number of nitriles is 4. The summed E-state index contributed by atoms with van der Waals surface area (Å²) in [6.45, 7) is 0. The molecule has 0 bridgehead atoms. The van der Waals surface area contributed by atoms with Gasteiger partial charge in [0.1, 0.15) is 0 Å². The second-order valence-electron chi connectivity index (χ2n) is 10.6. The third-order valence-corrected chi connectivity index (χ3v) is 8.19. The van der Waals surface area contributed by atoms with Gasteiger partial charge in [0, 0.05) is 27.6 Å². The van der Waals surface area contributed by atoms with Gasteiger partial charge in [0.2, 0.25) is 0 Å². The lowest BCUT2D eigenvalue weighted by molar-refractivity contribution is 1.18. The Labute approximate surface area is 259 Å². The van der Waals surface area contributed by atoms with Gasteiger partial charge in [-0.05, 0) is 76.9 Å².